The average Bonchev–Trinajstić information content (AvgIpc) is 3.24. The summed E-state index contributed by atoms with van der Waals surface area (Å²) in [5, 5.41) is 0. The third-order valence-electron chi connectivity index (χ3n) is 5.90. The molecule has 0 spiro atoms. The Labute approximate surface area is 177 Å². The quantitative estimate of drug-likeness (QED) is 0.763. The molecule has 1 unspecified atom stereocenters. The summed E-state index contributed by atoms with van der Waals surface area (Å²) in [7, 11) is 0. The molecule has 30 heavy (non-hydrogen) atoms. The van der Waals surface area contributed by atoms with Crippen LogP contribution >= 0.6 is 0 Å². The number of likely N-dealkylation sites (tertiary alicyclic amines) is 2. The van der Waals surface area contributed by atoms with E-state index < -0.39 is 0 Å². The Bertz CT molecular complexity index is 891. The van der Waals surface area contributed by atoms with E-state index in [-0.39, 0.29) is 17.9 Å². The van der Waals surface area contributed by atoms with Crippen molar-refractivity contribution in [2.75, 3.05) is 26.2 Å². The van der Waals surface area contributed by atoms with E-state index in [4.69, 9.17) is 4.74 Å². The van der Waals surface area contributed by atoms with Crippen LogP contribution in [0.3, 0.4) is 0 Å². The van der Waals surface area contributed by atoms with E-state index in [0.717, 1.165) is 37.9 Å². The van der Waals surface area contributed by atoms with Crippen LogP contribution in [0.25, 0.3) is 0 Å². The molecule has 4 rings (SSSR count). The molecule has 1 aromatic carbocycles. The number of hydrogen-bond donors (Lipinski definition) is 0. The van der Waals surface area contributed by atoms with Crippen molar-refractivity contribution < 1.29 is 14.3 Å². The molecule has 0 saturated carbocycles. The predicted molar refractivity (Wildman–Crippen MR) is 114 cm³/mol. The third-order valence-corrected chi connectivity index (χ3v) is 5.90. The van der Waals surface area contributed by atoms with Crippen molar-refractivity contribution in [2.24, 2.45) is 0 Å². The van der Waals surface area contributed by atoms with Crippen molar-refractivity contribution in [3.8, 4) is 5.88 Å². The van der Waals surface area contributed by atoms with Crippen LogP contribution in [-0.4, -0.2) is 58.9 Å². The lowest BCUT2D eigenvalue weighted by atomic mass is 10.1. The van der Waals surface area contributed by atoms with E-state index in [1.54, 1.807) is 18.3 Å². The summed E-state index contributed by atoms with van der Waals surface area (Å²) in [5.74, 6) is 0.476. The molecule has 2 saturated heterocycles. The molecular weight excluding hydrogens is 378 g/mol. The summed E-state index contributed by atoms with van der Waals surface area (Å²) >= 11 is 0. The minimum atomic E-state index is -0.144. The number of rotatable bonds is 5. The topological polar surface area (TPSA) is 62.7 Å². The van der Waals surface area contributed by atoms with Gasteiger partial charge in [-0.15, -0.1) is 0 Å². The Kier molecular flexibility index (Phi) is 6.31. The van der Waals surface area contributed by atoms with Gasteiger partial charge in [-0.2, -0.15) is 0 Å². The lowest BCUT2D eigenvalue weighted by Crippen LogP contribution is -2.36. The van der Waals surface area contributed by atoms with Crippen LogP contribution in [0.4, 0.5) is 0 Å². The standard InChI is InChI=1S/C24H29N3O3/c1-18-7-9-19(10-8-18)16-22(28)27-15-11-20(17-27)30-23-21(6-5-12-25-23)24(29)26-13-3-2-4-14-26/h5-10,12,20H,2-4,11,13-17H2,1H3. The van der Waals surface area contributed by atoms with Crippen molar-refractivity contribution in [2.45, 2.75) is 45.1 Å². The Morgan fingerprint density at radius 3 is 2.57 bits per heavy atom. The second-order valence-corrected chi connectivity index (χ2v) is 8.24. The number of carbonyl (C=O) groups is 2. The van der Waals surface area contributed by atoms with Crippen molar-refractivity contribution in [3.63, 3.8) is 0 Å². The largest absolute Gasteiger partial charge is 0.472 e. The van der Waals surface area contributed by atoms with E-state index in [1.807, 2.05) is 41.0 Å². The van der Waals surface area contributed by atoms with Crippen LogP contribution < -0.4 is 4.74 Å². The first-order valence-corrected chi connectivity index (χ1v) is 10.8. The van der Waals surface area contributed by atoms with Crippen molar-refractivity contribution in [3.05, 3.63) is 59.3 Å². The van der Waals surface area contributed by atoms with E-state index in [9.17, 15) is 9.59 Å². The van der Waals surface area contributed by atoms with Gasteiger partial charge in [0, 0.05) is 32.3 Å². The maximum atomic E-state index is 12.9. The summed E-state index contributed by atoms with van der Waals surface area (Å²) in [6.45, 7) is 4.81. The fraction of sp³-hybridized carbons (Fsp3) is 0.458. The van der Waals surface area contributed by atoms with Gasteiger partial charge in [-0.1, -0.05) is 29.8 Å². The molecule has 2 fully saturated rings. The van der Waals surface area contributed by atoms with Crippen molar-refractivity contribution >= 4 is 11.8 Å². The lowest BCUT2D eigenvalue weighted by molar-refractivity contribution is -0.129. The predicted octanol–water partition coefficient (Wildman–Crippen LogP) is 3.24. The van der Waals surface area contributed by atoms with Gasteiger partial charge in [-0.3, -0.25) is 9.59 Å². The maximum Gasteiger partial charge on any atom is 0.259 e. The molecule has 2 amide bonds. The smallest absolute Gasteiger partial charge is 0.259 e. The molecule has 2 aromatic rings. The number of aromatic nitrogens is 1. The van der Waals surface area contributed by atoms with Crippen LogP contribution in [0.1, 0.15) is 47.2 Å². The highest BCUT2D eigenvalue weighted by molar-refractivity contribution is 5.96. The lowest BCUT2D eigenvalue weighted by Gasteiger charge is -2.27. The molecule has 6 heteroatoms. The summed E-state index contributed by atoms with van der Waals surface area (Å²) in [4.78, 5) is 33.7. The number of nitrogens with zero attached hydrogens (tertiary/aromatic N) is 3. The Morgan fingerprint density at radius 2 is 1.80 bits per heavy atom. The number of ether oxygens (including phenoxy) is 1. The molecule has 2 aliphatic rings. The molecule has 1 atom stereocenters. The number of amides is 2. The van der Waals surface area contributed by atoms with Gasteiger partial charge in [0.2, 0.25) is 11.8 Å². The summed E-state index contributed by atoms with van der Waals surface area (Å²) < 4.78 is 6.11. The van der Waals surface area contributed by atoms with Gasteiger partial charge >= 0.3 is 0 Å². The van der Waals surface area contributed by atoms with Crippen LogP contribution in [0.2, 0.25) is 0 Å². The van der Waals surface area contributed by atoms with Gasteiger partial charge in [0.05, 0.1) is 13.0 Å². The van der Waals surface area contributed by atoms with Gasteiger partial charge in [-0.05, 0) is 43.9 Å². The van der Waals surface area contributed by atoms with Crippen LogP contribution in [-0.2, 0) is 11.2 Å². The first-order valence-electron chi connectivity index (χ1n) is 10.8. The van der Waals surface area contributed by atoms with E-state index in [0.29, 0.717) is 31.0 Å². The molecule has 0 N–H and O–H groups in total. The molecule has 6 nitrogen and oxygen atoms in total. The Morgan fingerprint density at radius 1 is 1.03 bits per heavy atom. The molecule has 3 heterocycles. The Hall–Kier alpha value is -2.89. The molecule has 158 valence electrons. The van der Waals surface area contributed by atoms with Crippen molar-refractivity contribution in [1.29, 1.82) is 0 Å². The molecular formula is C24H29N3O3. The van der Waals surface area contributed by atoms with E-state index in [2.05, 4.69) is 4.98 Å². The van der Waals surface area contributed by atoms with Gasteiger partial charge in [0.15, 0.2) is 0 Å². The van der Waals surface area contributed by atoms with Gasteiger partial charge in [0.1, 0.15) is 11.7 Å². The third kappa shape index (κ3) is 4.81. The van der Waals surface area contributed by atoms with E-state index in [1.165, 1.54) is 12.0 Å². The molecule has 0 aliphatic carbocycles. The molecule has 0 radical (unpaired) electrons. The maximum absolute atomic E-state index is 12.9. The normalized spacial score (nSPS) is 19.0. The minimum absolute atomic E-state index is 0.0110. The SMILES string of the molecule is Cc1ccc(CC(=O)N2CCC(Oc3ncccc3C(=O)N3CCCCC3)C2)cc1. The van der Waals surface area contributed by atoms with Crippen LogP contribution in [0, 0.1) is 6.92 Å². The fourth-order valence-electron chi connectivity index (χ4n) is 4.12. The monoisotopic (exact) mass is 407 g/mol. The number of hydrogen-bond acceptors (Lipinski definition) is 4. The molecule has 2 aliphatic heterocycles. The van der Waals surface area contributed by atoms with E-state index >= 15 is 0 Å². The van der Waals surface area contributed by atoms with Crippen molar-refractivity contribution in [1.82, 2.24) is 14.8 Å². The highest BCUT2D eigenvalue weighted by atomic mass is 16.5. The second kappa shape index (κ2) is 9.28. The van der Waals surface area contributed by atoms with Gasteiger partial charge < -0.3 is 14.5 Å². The molecule has 0 bridgehead atoms. The van der Waals surface area contributed by atoms with Gasteiger partial charge in [-0.25, -0.2) is 4.98 Å². The zero-order valence-corrected chi connectivity index (χ0v) is 17.5. The molecule has 1 aromatic heterocycles. The summed E-state index contributed by atoms with van der Waals surface area (Å²) in [5.41, 5.74) is 2.73. The first-order chi connectivity index (χ1) is 14.6. The minimum Gasteiger partial charge on any atom is -0.472 e. The number of pyridine rings is 1. The van der Waals surface area contributed by atoms with Crippen LogP contribution in [0.5, 0.6) is 5.88 Å². The van der Waals surface area contributed by atoms with Crippen LogP contribution in [0.15, 0.2) is 42.6 Å². The number of carbonyl (C=O) groups excluding carboxylic acids is 2. The summed E-state index contributed by atoms with van der Waals surface area (Å²) in [6.07, 6.45) is 5.91. The highest BCUT2D eigenvalue weighted by Gasteiger charge is 2.30. The zero-order valence-electron chi connectivity index (χ0n) is 17.5. The van der Waals surface area contributed by atoms with Gasteiger partial charge in [0.25, 0.3) is 5.91 Å². The number of benzene rings is 1. The average molecular weight is 408 g/mol. The number of aryl methyl sites for hydroxylation is 1. The zero-order chi connectivity index (χ0) is 20.9. The number of piperidine rings is 1. The second-order valence-electron chi connectivity index (χ2n) is 8.24. The Balaban J connectivity index is 1.37. The fourth-order valence-corrected chi connectivity index (χ4v) is 4.12. The summed E-state index contributed by atoms with van der Waals surface area (Å²) in [6, 6.07) is 11.6. The first kappa shape index (κ1) is 20.4. The highest BCUT2D eigenvalue weighted by Crippen LogP contribution is 2.23.